The molecule has 1 heterocycles. The average molecular weight is 177 g/mol. The van der Waals surface area contributed by atoms with Crippen LogP contribution in [0.1, 0.15) is 30.5 Å². The first-order chi connectivity index (χ1) is 6.27. The first-order valence-corrected chi connectivity index (χ1v) is 4.81. The molecule has 2 rings (SSSR count). The average Bonchev–Trinajstić information content (AvgIpc) is 2.07. The molecule has 0 aliphatic heterocycles. The van der Waals surface area contributed by atoms with Gasteiger partial charge in [-0.1, -0.05) is 12.5 Å². The molecule has 0 spiro atoms. The molecule has 1 N–H and O–H groups in total. The molecule has 1 fully saturated rings. The smallest absolute Gasteiger partial charge is 0.0528 e. The van der Waals surface area contributed by atoms with E-state index in [4.69, 9.17) is 0 Å². The van der Waals surface area contributed by atoms with E-state index in [-0.39, 0.29) is 12.0 Å². The van der Waals surface area contributed by atoms with Crippen molar-refractivity contribution in [2.75, 3.05) is 6.61 Å². The predicted molar refractivity (Wildman–Crippen MR) is 51.6 cm³/mol. The van der Waals surface area contributed by atoms with Gasteiger partial charge >= 0.3 is 0 Å². The van der Waals surface area contributed by atoms with Gasteiger partial charge in [0.05, 0.1) is 6.61 Å². The van der Waals surface area contributed by atoms with Gasteiger partial charge in [-0.3, -0.25) is 4.98 Å². The molecule has 0 radical (unpaired) electrons. The van der Waals surface area contributed by atoms with Crippen molar-refractivity contribution in [3.05, 3.63) is 29.6 Å². The summed E-state index contributed by atoms with van der Waals surface area (Å²) in [5, 5.41) is 9.33. The zero-order valence-corrected chi connectivity index (χ0v) is 7.95. The maximum Gasteiger partial charge on any atom is 0.0528 e. The molecule has 1 aromatic heterocycles. The topological polar surface area (TPSA) is 33.1 Å². The van der Waals surface area contributed by atoms with Crippen LogP contribution in [0.25, 0.3) is 0 Å². The molecule has 2 nitrogen and oxygen atoms in total. The molecule has 1 aliphatic rings. The van der Waals surface area contributed by atoms with E-state index < -0.39 is 0 Å². The number of aliphatic hydroxyl groups is 1. The number of aliphatic hydroxyl groups excluding tert-OH is 1. The van der Waals surface area contributed by atoms with Crippen LogP contribution in [0.2, 0.25) is 0 Å². The Kier molecular flexibility index (Phi) is 2.08. The van der Waals surface area contributed by atoms with E-state index in [1.165, 1.54) is 12.0 Å². The largest absolute Gasteiger partial charge is 0.395 e. The number of pyridine rings is 1. The Morgan fingerprint density at radius 3 is 2.62 bits per heavy atom. The molecule has 70 valence electrons. The summed E-state index contributed by atoms with van der Waals surface area (Å²) in [6.45, 7) is 2.24. The van der Waals surface area contributed by atoms with E-state index >= 15 is 0 Å². The molecular formula is C11H15NO. The van der Waals surface area contributed by atoms with E-state index in [2.05, 4.69) is 11.1 Å². The highest BCUT2D eigenvalue weighted by molar-refractivity contribution is 5.26. The van der Waals surface area contributed by atoms with Crippen molar-refractivity contribution in [1.29, 1.82) is 0 Å². The Hall–Kier alpha value is -0.890. The van der Waals surface area contributed by atoms with E-state index in [1.807, 2.05) is 19.2 Å². The van der Waals surface area contributed by atoms with Gasteiger partial charge in [0.1, 0.15) is 0 Å². The molecule has 0 amide bonds. The third-order valence-corrected chi connectivity index (χ3v) is 3.14. The van der Waals surface area contributed by atoms with Crippen molar-refractivity contribution in [3.8, 4) is 0 Å². The van der Waals surface area contributed by atoms with Crippen LogP contribution in [0.4, 0.5) is 0 Å². The normalized spacial score (nSPS) is 19.5. The fourth-order valence-corrected chi connectivity index (χ4v) is 1.92. The van der Waals surface area contributed by atoms with Gasteiger partial charge in [-0.2, -0.15) is 0 Å². The minimum atomic E-state index is 0.0424. The molecule has 1 saturated carbocycles. The van der Waals surface area contributed by atoms with Gasteiger partial charge in [-0.25, -0.2) is 0 Å². The van der Waals surface area contributed by atoms with E-state index in [1.54, 1.807) is 0 Å². The number of aromatic nitrogens is 1. The summed E-state index contributed by atoms with van der Waals surface area (Å²) < 4.78 is 0. The number of nitrogens with zero attached hydrogens (tertiary/aromatic N) is 1. The lowest BCUT2D eigenvalue weighted by Crippen LogP contribution is -2.37. The van der Waals surface area contributed by atoms with Crippen LogP contribution < -0.4 is 0 Å². The van der Waals surface area contributed by atoms with Crippen molar-refractivity contribution >= 4 is 0 Å². The van der Waals surface area contributed by atoms with Crippen LogP contribution in [0.5, 0.6) is 0 Å². The first-order valence-electron chi connectivity index (χ1n) is 4.81. The number of hydrogen-bond donors (Lipinski definition) is 1. The Labute approximate surface area is 78.6 Å². The van der Waals surface area contributed by atoms with E-state index in [0.717, 1.165) is 18.5 Å². The Morgan fingerprint density at radius 1 is 1.46 bits per heavy atom. The molecule has 1 aromatic rings. The molecule has 0 aromatic carbocycles. The van der Waals surface area contributed by atoms with Gasteiger partial charge in [0.15, 0.2) is 0 Å². The number of aryl methyl sites for hydroxylation is 1. The lowest BCUT2D eigenvalue weighted by molar-refractivity contribution is 0.120. The Bertz CT molecular complexity index is 282. The van der Waals surface area contributed by atoms with Gasteiger partial charge in [0, 0.05) is 17.3 Å². The maximum absolute atomic E-state index is 9.33. The van der Waals surface area contributed by atoms with Gasteiger partial charge in [-0.15, -0.1) is 0 Å². The summed E-state index contributed by atoms with van der Waals surface area (Å²) in [6.07, 6.45) is 5.35. The van der Waals surface area contributed by atoms with Crippen molar-refractivity contribution in [1.82, 2.24) is 4.98 Å². The molecular weight excluding hydrogens is 162 g/mol. The summed E-state index contributed by atoms with van der Waals surface area (Å²) in [5.74, 6) is 0. The van der Waals surface area contributed by atoms with Crippen LogP contribution in [-0.2, 0) is 5.41 Å². The molecule has 0 bridgehead atoms. The van der Waals surface area contributed by atoms with Crippen LogP contribution in [0, 0.1) is 6.92 Å². The summed E-state index contributed by atoms with van der Waals surface area (Å²) in [4.78, 5) is 4.26. The highest BCUT2D eigenvalue weighted by Crippen LogP contribution is 2.42. The second-order valence-electron chi connectivity index (χ2n) is 3.98. The van der Waals surface area contributed by atoms with Crippen LogP contribution >= 0.6 is 0 Å². The molecule has 0 saturated heterocycles. The molecule has 1 aliphatic carbocycles. The summed E-state index contributed by atoms with van der Waals surface area (Å²) in [6, 6.07) is 4.11. The van der Waals surface area contributed by atoms with Gasteiger partial charge in [-0.05, 0) is 31.4 Å². The molecule has 13 heavy (non-hydrogen) atoms. The fourth-order valence-electron chi connectivity index (χ4n) is 1.92. The minimum Gasteiger partial charge on any atom is -0.395 e. The van der Waals surface area contributed by atoms with E-state index in [9.17, 15) is 5.11 Å². The predicted octanol–water partition coefficient (Wildman–Crippen LogP) is 1.80. The highest BCUT2D eigenvalue weighted by atomic mass is 16.3. The first kappa shape index (κ1) is 8.70. The summed E-state index contributed by atoms with van der Waals surface area (Å²) >= 11 is 0. The van der Waals surface area contributed by atoms with Crippen molar-refractivity contribution in [3.63, 3.8) is 0 Å². The zero-order chi connectivity index (χ0) is 9.31. The quantitative estimate of drug-likeness (QED) is 0.747. The number of hydrogen-bond acceptors (Lipinski definition) is 2. The van der Waals surface area contributed by atoms with Crippen LogP contribution in [0.3, 0.4) is 0 Å². The summed E-state index contributed by atoms with van der Waals surface area (Å²) in [5.41, 5.74) is 2.28. The second-order valence-corrected chi connectivity index (χ2v) is 3.98. The Balaban J connectivity index is 2.28. The SMILES string of the molecule is Cc1ccc(C2(CO)CCC2)cn1. The van der Waals surface area contributed by atoms with Crippen molar-refractivity contribution in [2.45, 2.75) is 31.6 Å². The molecule has 0 atom stereocenters. The van der Waals surface area contributed by atoms with Gasteiger partial charge in [0.2, 0.25) is 0 Å². The maximum atomic E-state index is 9.33. The lowest BCUT2D eigenvalue weighted by atomic mass is 9.65. The highest BCUT2D eigenvalue weighted by Gasteiger charge is 2.38. The lowest BCUT2D eigenvalue weighted by Gasteiger charge is -2.40. The second kappa shape index (κ2) is 3.11. The van der Waals surface area contributed by atoms with Crippen LogP contribution in [0.15, 0.2) is 18.3 Å². The molecule has 2 heteroatoms. The standard InChI is InChI=1S/C11H15NO/c1-9-3-4-10(7-12-9)11(8-13)5-2-6-11/h3-4,7,13H,2,5-6,8H2,1H3. The van der Waals surface area contributed by atoms with Gasteiger partial charge in [0.25, 0.3) is 0 Å². The zero-order valence-electron chi connectivity index (χ0n) is 7.95. The molecule has 0 unspecified atom stereocenters. The minimum absolute atomic E-state index is 0.0424. The van der Waals surface area contributed by atoms with Crippen molar-refractivity contribution in [2.24, 2.45) is 0 Å². The van der Waals surface area contributed by atoms with Gasteiger partial charge < -0.3 is 5.11 Å². The van der Waals surface area contributed by atoms with E-state index in [0.29, 0.717) is 0 Å². The summed E-state index contributed by atoms with van der Waals surface area (Å²) in [7, 11) is 0. The third-order valence-electron chi connectivity index (χ3n) is 3.14. The number of rotatable bonds is 2. The monoisotopic (exact) mass is 177 g/mol. The third kappa shape index (κ3) is 1.35. The Morgan fingerprint density at radius 2 is 2.23 bits per heavy atom. The fraction of sp³-hybridized carbons (Fsp3) is 0.545. The van der Waals surface area contributed by atoms with Crippen LogP contribution in [-0.4, -0.2) is 16.7 Å². The van der Waals surface area contributed by atoms with Crippen molar-refractivity contribution < 1.29 is 5.11 Å².